The zero-order valence-corrected chi connectivity index (χ0v) is 20.8. The third-order valence-corrected chi connectivity index (χ3v) is 6.63. The molecule has 0 saturated heterocycles. The van der Waals surface area contributed by atoms with E-state index in [-0.39, 0.29) is 16.4 Å². The summed E-state index contributed by atoms with van der Waals surface area (Å²) in [6, 6.07) is 17.5. The largest absolute Gasteiger partial charge is 0.497 e. The molecule has 0 aliphatic heterocycles. The maximum Gasteiger partial charge on any atom is 0.338 e. The molecule has 35 heavy (non-hydrogen) atoms. The van der Waals surface area contributed by atoms with E-state index in [9.17, 15) is 18.0 Å². The Morgan fingerprint density at radius 3 is 2.31 bits per heavy atom. The molecule has 0 heterocycles. The lowest BCUT2D eigenvalue weighted by molar-refractivity contribution is -0.119. The maximum absolute atomic E-state index is 12.8. The van der Waals surface area contributed by atoms with E-state index >= 15 is 0 Å². The molecule has 0 aliphatic carbocycles. The molecule has 0 spiro atoms. The molecule has 2 N–H and O–H groups in total. The van der Waals surface area contributed by atoms with Gasteiger partial charge >= 0.3 is 5.97 Å². The Morgan fingerprint density at radius 2 is 1.66 bits per heavy atom. The number of para-hydroxylation sites is 1. The van der Waals surface area contributed by atoms with Crippen molar-refractivity contribution in [2.45, 2.75) is 31.6 Å². The fourth-order valence-electron chi connectivity index (χ4n) is 3.40. The lowest BCUT2D eigenvalue weighted by atomic mass is 9.98. The number of ether oxygens (including phenoxy) is 2. The smallest absolute Gasteiger partial charge is 0.338 e. The first-order valence-electron chi connectivity index (χ1n) is 10.9. The zero-order chi connectivity index (χ0) is 25.6. The highest BCUT2D eigenvalue weighted by Crippen LogP contribution is 2.27. The molecule has 1 amide bonds. The van der Waals surface area contributed by atoms with Gasteiger partial charge in [-0.1, -0.05) is 38.1 Å². The van der Waals surface area contributed by atoms with Crippen LogP contribution in [0, 0.1) is 6.92 Å². The first-order chi connectivity index (χ1) is 16.6. The molecule has 0 fully saturated rings. The molecule has 9 heteroatoms. The second-order valence-electron chi connectivity index (χ2n) is 8.18. The summed E-state index contributed by atoms with van der Waals surface area (Å²) in [5, 5.41) is 2.81. The van der Waals surface area contributed by atoms with Crippen LogP contribution in [0.3, 0.4) is 0 Å². The number of amides is 1. The normalized spacial score (nSPS) is 11.1. The van der Waals surface area contributed by atoms with E-state index in [2.05, 4.69) is 10.0 Å². The van der Waals surface area contributed by atoms with Crippen LogP contribution in [0.15, 0.2) is 71.6 Å². The predicted octanol–water partition coefficient (Wildman–Crippen LogP) is 4.72. The van der Waals surface area contributed by atoms with Gasteiger partial charge in [0.2, 0.25) is 0 Å². The number of carbonyl (C=O) groups is 2. The third-order valence-electron chi connectivity index (χ3n) is 5.25. The summed E-state index contributed by atoms with van der Waals surface area (Å²) in [6.07, 6.45) is 0. The summed E-state index contributed by atoms with van der Waals surface area (Å²) < 4.78 is 38.2. The van der Waals surface area contributed by atoms with E-state index in [4.69, 9.17) is 9.47 Å². The Bertz CT molecular complexity index is 1320. The Labute approximate surface area is 205 Å². The standard InChI is InChI=1S/C26H28N2O6S/c1-17(2)23-10-5-7-18(3)25(23)27-24(29)16-34-26(30)19-8-6-9-22(15-19)35(31,32)28-20-11-13-21(33-4)14-12-20/h5-15,17,28H,16H2,1-4H3,(H,27,29). The lowest BCUT2D eigenvalue weighted by Gasteiger charge is -2.16. The highest BCUT2D eigenvalue weighted by Gasteiger charge is 2.19. The average Bonchev–Trinajstić information content (AvgIpc) is 2.84. The highest BCUT2D eigenvalue weighted by atomic mass is 32.2. The first kappa shape index (κ1) is 25.8. The van der Waals surface area contributed by atoms with Crippen LogP contribution in [0.2, 0.25) is 0 Å². The van der Waals surface area contributed by atoms with Crippen LogP contribution in [0.5, 0.6) is 5.75 Å². The second kappa shape index (κ2) is 11.1. The van der Waals surface area contributed by atoms with E-state index in [1.54, 1.807) is 24.3 Å². The molecule has 0 atom stereocenters. The Hall–Kier alpha value is -3.85. The van der Waals surface area contributed by atoms with Gasteiger partial charge in [-0.3, -0.25) is 9.52 Å². The molecule has 0 radical (unpaired) electrons. The monoisotopic (exact) mass is 496 g/mol. The number of anilines is 2. The molecule has 184 valence electrons. The number of methoxy groups -OCH3 is 1. The van der Waals surface area contributed by atoms with Gasteiger partial charge in [0.15, 0.2) is 6.61 Å². The number of esters is 1. The van der Waals surface area contributed by atoms with E-state index < -0.39 is 28.5 Å². The summed E-state index contributed by atoms with van der Waals surface area (Å²) >= 11 is 0. The highest BCUT2D eigenvalue weighted by molar-refractivity contribution is 7.92. The zero-order valence-electron chi connectivity index (χ0n) is 20.0. The Balaban J connectivity index is 1.66. The molecule has 3 rings (SSSR count). The van der Waals surface area contributed by atoms with E-state index in [1.807, 2.05) is 39.0 Å². The van der Waals surface area contributed by atoms with Crippen LogP contribution in [0.25, 0.3) is 0 Å². The fraction of sp³-hybridized carbons (Fsp3) is 0.231. The van der Waals surface area contributed by atoms with Gasteiger partial charge in [-0.25, -0.2) is 13.2 Å². The number of nitrogens with one attached hydrogen (secondary N) is 2. The van der Waals surface area contributed by atoms with Gasteiger partial charge in [-0.05, 0) is 66.4 Å². The van der Waals surface area contributed by atoms with Crippen molar-refractivity contribution in [1.82, 2.24) is 0 Å². The van der Waals surface area contributed by atoms with Crippen LogP contribution in [-0.2, 0) is 19.6 Å². The van der Waals surface area contributed by atoms with Crippen LogP contribution in [0.1, 0.15) is 41.3 Å². The van der Waals surface area contributed by atoms with Crippen LogP contribution in [-0.4, -0.2) is 34.0 Å². The van der Waals surface area contributed by atoms with Crippen molar-refractivity contribution in [3.63, 3.8) is 0 Å². The summed E-state index contributed by atoms with van der Waals surface area (Å²) in [5.74, 6) is -0.511. The number of hydrogen-bond acceptors (Lipinski definition) is 6. The van der Waals surface area contributed by atoms with Gasteiger partial charge in [-0.2, -0.15) is 0 Å². The number of rotatable bonds is 9. The molecular weight excluding hydrogens is 468 g/mol. The van der Waals surface area contributed by atoms with Crippen molar-refractivity contribution in [2.24, 2.45) is 0 Å². The molecule has 0 saturated carbocycles. The molecule has 0 unspecified atom stereocenters. The molecular formula is C26H28N2O6S. The number of carbonyl (C=O) groups excluding carboxylic acids is 2. The van der Waals surface area contributed by atoms with E-state index in [0.717, 1.165) is 11.1 Å². The summed E-state index contributed by atoms with van der Waals surface area (Å²) in [7, 11) is -2.44. The van der Waals surface area contributed by atoms with Crippen molar-refractivity contribution in [2.75, 3.05) is 23.8 Å². The van der Waals surface area contributed by atoms with Gasteiger partial charge < -0.3 is 14.8 Å². The number of sulfonamides is 1. The third kappa shape index (κ3) is 6.60. The molecule has 0 aromatic heterocycles. The SMILES string of the molecule is COc1ccc(NS(=O)(=O)c2cccc(C(=O)OCC(=O)Nc3c(C)cccc3C(C)C)c2)cc1. The van der Waals surface area contributed by atoms with Crippen molar-refractivity contribution < 1.29 is 27.5 Å². The summed E-state index contributed by atoms with van der Waals surface area (Å²) in [5.41, 5.74) is 2.92. The predicted molar refractivity (Wildman–Crippen MR) is 134 cm³/mol. The molecule has 0 aliphatic rings. The Kier molecular flexibility index (Phi) is 8.14. The van der Waals surface area contributed by atoms with Gasteiger partial charge in [-0.15, -0.1) is 0 Å². The van der Waals surface area contributed by atoms with Crippen LogP contribution in [0.4, 0.5) is 11.4 Å². The average molecular weight is 497 g/mol. The lowest BCUT2D eigenvalue weighted by Crippen LogP contribution is -2.22. The van der Waals surface area contributed by atoms with Crippen molar-refractivity contribution in [3.8, 4) is 5.75 Å². The maximum atomic E-state index is 12.8. The van der Waals surface area contributed by atoms with Crippen molar-refractivity contribution in [3.05, 3.63) is 83.4 Å². The van der Waals surface area contributed by atoms with E-state index in [0.29, 0.717) is 17.1 Å². The minimum Gasteiger partial charge on any atom is -0.497 e. The number of benzene rings is 3. The minimum atomic E-state index is -3.96. The second-order valence-corrected chi connectivity index (χ2v) is 9.86. The summed E-state index contributed by atoms with van der Waals surface area (Å²) in [4.78, 5) is 24.9. The van der Waals surface area contributed by atoms with Crippen LogP contribution < -0.4 is 14.8 Å². The molecule has 8 nitrogen and oxygen atoms in total. The molecule has 0 bridgehead atoms. The minimum absolute atomic E-state index is 0.00849. The van der Waals surface area contributed by atoms with E-state index in [1.165, 1.54) is 31.4 Å². The molecule has 3 aromatic carbocycles. The van der Waals surface area contributed by atoms with Crippen molar-refractivity contribution in [1.29, 1.82) is 0 Å². The van der Waals surface area contributed by atoms with Crippen molar-refractivity contribution >= 4 is 33.3 Å². The quantitative estimate of drug-likeness (QED) is 0.415. The van der Waals surface area contributed by atoms with Gasteiger partial charge in [0.1, 0.15) is 5.75 Å². The van der Waals surface area contributed by atoms with Crippen LogP contribution >= 0.6 is 0 Å². The summed E-state index contributed by atoms with van der Waals surface area (Å²) in [6.45, 7) is 5.43. The van der Waals surface area contributed by atoms with Gasteiger partial charge in [0, 0.05) is 11.4 Å². The Morgan fingerprint density at radius 1 is 0.971 bits per heavy atom. The van der Waals surface area contributed by atoms with Gasteiger partial charge in [0.05, 0.1) is 17.6 Å². The molecule has 3 aromatic rings. The van der Waals surface area contributed by atoms with Gasteiger partial charge in [0.25, 0.3) is 15.9 Å². The first-order valence-corrected chi connectivity index (χ1v) is 12.4. The topological polar surface area (TPSA) is 111 Å². The number of aryl methyl sites for hydroxylation is 1. The number of hydrogen-bond donors (Lipinski definition) is 2. The fourth-order valence-corrected chi connectivity index (χ4v) is 4.50.